The number of hydrogen-bond donors (Lipinski definition) is 2. The van der Waals surface area contributed by atoms with E-state index in [0.29, 0.717) is 17.7 Å². The lowest BCUT2D eigenvalue weighted by Gasteiger charge is -2.09. The molecular formula is C11H16N2O2S2. The van der Waals surface area contributed by atoms with Crippen LogP contribution in [0.15, 0.2) is 23.1 Å². The van der Waals surface area contributed by atoms with Gasteiger partial charge in [-0.3, -0.25) is 0 Å². The Hall–Kier alpha value is -0.980. The van der Waals surface area contributed by atoms with Gasteiger partial charge in [0.05, 0.1) is 4.90 Å². The number of nitrogens with one attached hydrogen (secondary N) is 1. The van der Waals surface area contributed by atoms with Crippen LogP contribution >= 0.6 is 12.2 Å². The lowest BCUT2D eigenvalue weighted by atomic mass is 10.1. The van der Waals surface area contributed by atoms with Crippen LogP contribution in [0.3, 0.4) is 0 Å². The zero-order valence-electron chi connectivity index (χ0n) is 9.86. The van der Waals surface area contributed by atoms with Gasteiger partial charge in [-0.25, -0.2) is 13.1 Å². The van der Waals surface area contributed by atoms with Crippen LogP contribution in [0.1, 0.15) is 24.5 Å². The van der Waals surface area contributed by atoms with Crippen LogP contribution < -0.4 is 10.5 Å². The van der Waals surface area contributed by atoms with Crippen molar-refractivity contribution in [2.24, 2.45) is 5.73 Å². The van der Waals surface area contributed by atoms with Crippen molar-refractivity contribution < 1.29 is 8.42 Å². The first kappa shape index (κ1) is 14.1. The summed E-state index contributed by atoms with van der Waals surface area (Å²) in [5, 5.41) is 0. The topological polar surface area (TPSA) is 72.2 Å². The minimum atomic E-state index is -3.43. The molecular weight excluding hydrogens is 256 g/mol. The number of nitrogens with two attached hydrogens (primary N) is 1. The maximum atomic E-state index is 11.9. The average molecular weight is 272 g/mol. The number of hydrogen-bond acceptors (Lipinski definition) is 3. The Kier molecular flexibility index (Phi) is 4.62. The second kappa shape index (κ2) is 5.57. The van der Waals surface area contributed by atoms with E-state index in [1.807, 2.05) is 6.92 Å². The molecule has 0 atom stereocenters. The average Bonchev–Trinajstić information content (AvgIpc) is 2.25. The Morgan fingerprint density at radius 2 is 2.12 bits per heavy atom. The van der Waals surface area contributed by atoms with Crippen molar-refractivity contribution >= 4 is 27.2 Å². The molecule has 0 spiro atoms. The molecule has 0 aliphatic heterocycles. The van der Waals surface area contributed by atoms with Crippen LogP contribution in [0.25, 0.3) is 0 Å². The fourth-order valence-corrected chi connectivity index (χ4v) is 2.90. The Labute approximate surface area is 107 Å². The molecule has 1 aromatic carbocycles. The van der Waals surface area contributed by atoms with Crippen LogP contribution in [0, 0.1) is 6.92 Å². The van der Waals surface area contributed by atoms with Crippen LogP contribution in [0.5, 0.6) is 0 Å². The largest absolute Gasteiger partial charge is 0.389 e. The van der Waals surface area contributed by atoms with Gasteiger partial charge in [0, 0.05) is 12.1 Å². The normalized spacial score (nSPS) is 11.4. The number of thiocarbonyl (C=S) groups is 1. The van der Waals surface area contributed by atoms with E-state index in [-0.39, 0.29) is 9.88 Å². The highest BCUT2D eigenvalue weighted by Crippen LogP contribution is 2.16. The molecule has 0 heterocycles. The first-order valence-electron chi connectivity index (χ1n) is 5.28. The van der Waals surface area contributed by atoms with E-state index >= 15 is 0 Å². The molecule has 0 aliphatic rings. The minimum Gasteiger partial charge on any atom is -0.389 e. The summed E-state index contributed by atoms with van der Waals surface area (Å²) in [7, 11) is -3.43. The molecule has 1 rings (SSSR count). The fourth-order valence-electron chi connectivity index (χ4n) is 1.42. The Morgan fingerprint density at radius 3 is 2.59 bits per heavy atom. The summed E-state index contributed by atoms with van der Waals surface area (Å²) in [5.74, 6) is 0. The zero-order chi connectivity index (χ0) is 13.1. The summed E-state index contributed by atoms with van der Waals surface area (Å²) in [5.41, 5.74) is 6.80. The van der Waals surface area contributed by atoms with E-state index in [1.165, 1.54) is 6.07 Å². The highest BCUT2D eigenvalue weighted by atomic mass is 32.2. The number of aryl methyl sites for hydroxylation is 1. The van der Waals surface area contributed by atoms with Gasteiger partial charge in [-0.2, -0.15) is 0 Å². The lowest BCUT2D eigenvalue weighted by Crippen LogP contribution is -2.25. The predicted octanol–water partition coefficient (Wildman–Crippen LogP) is 1.32. The summed E-state index contributed by atoms with van der Waals surface area (Å²) < 4.78 is 26.4. The third-order valence-corrected chi connectivity index (χ3v) is 4.15. The minimum absolute atomic E-state index is 0.263. The van der Waals surface area contributed by atoms with Gasteiger partial charge in [0.1, 0.15) is 4.99 Å². The molecule has 0 saturated heterocycles. The van der Waals surface area contributed by atoms with Crippen LogP contribution in [0.2, 0.25) is 0 Å². The number of benzene rings is 1. The van der Waals surface area contributed by atoms with Crippen LogP contribution in [-0.4, -0.2) is 20.0 Å². The second-order valence-electron chi connectivity index (χ2n) is 3.74. The third kappa shape index (κ3) is 3.49. The summed E-state index contributed by atoms with van der Waals surface area (Å²) >= 11 is 4.84. The summed E-state index contributed by atoms with van der Waals surface area (Å²) in [4.78, 5) is 0.532. The van der Waals surface area contributed by atoms with Gasteiger partial charge < -0.3 is 5.73 Å². The predicted molar refractivity (Wildman–Crippen MR) is 72.5 cm³/mol. The van der Waals surface area contributed by atoms with E-state index in [1.54, 1.807) is 19.1 Å². The maximum Gasteiger partial charge on any atom is 0.240 e. The van der Waals surface area contributed by atoms with Crippen molar-refractivity contribution in [2.45, 2.75) is 25.2 Å². The zero-order valence-corrected chi connectivity index (χ0v) is 11.5. The number of rotatable bonds is 5. The smallest absolute Gasteiger partial charge is 0.240 e. The molecule has 94 valence electrons. The van der Waals surface area contributed by atoms with Crippen molar-refractivity contribution in [1.82, 2.24) is 4.72 Å². The molecule has 6 heteroatoms. The third-order valence-electron chi connectivity index (χ3n) is 2.29. The Morgan fingerprint density at radius 1 is 1.47 bits per heavy atom. The van der Waals surface area contributed by atoms with Gasteiger partial charge in [0.2, 0.25) is 10.0 Å². The monoisotopic (exact) mass is 272 g/mol. The highest BCUT2D eigenvalue weighted by molar-refractivity contribution is 7.89. The van der Waals surface area contributed by atoms with Crippen molar-refractivity contribution in [3.05, 3.63) is 29.3 Å². The van der Waals surface area contributed by atoms with Gasteiger partial charge >= 0.3 is 0 Å². The van der Waals surface area contributed by atoms with Crippen LogP contribution in [-0.2, 0) is 10.0 Å². The van der Waals surface area contributed by atoms with Gasteiger partial charge in [-0.15, -0.1) is 0 Å². The van der Waals surface area contributed by atoms with Crippen molar-refractivity contribution in [2.75, 3.05) is 6.54 Å². The molecule has 0 saturated carbocycles. The molecule has 1 aromatic rings. The molecule has 0 aliphatic carbocycles. The molecule has 0 bridgehead atoms. The fraction of sp³-hybridized carbons (Fsp3) is 0.364. The molecule has 3 N–H and O–H groups in total. The molecule has 0 amide bonds. The molecule has 0 fully saturated rings. The summed E-state index contributed by atoms with van der Waals surface area (Å²) in [6.07, 6.45) is 0.753. The van der Waals surface area contributed by atoms with E-state index in [2.05, 4.69) is 4.72 Å². The maximum absolute atomic E-state index is 11.9. The van der Waals surface area contributed by atoms with Crippen molar-refractivity contribution in [3.63, 3.8) is 0 Å². The molecule has 17 heavy (non-hydrogen) atoms. The van der Waals surface area contributed by atoms with Gasteiger partial charge in [0.15, 0.2) is 0 Å². The summed E-state index contributed by atoms with van der Waals surface area (Å²) in [6.45, 7) is 4.06. The van der Waals surface area contributed by atoms with Gasteiger partial charge in [-0.1, -0.05) is 25.2 Å². The van der Waals surface area contributed by atoms with E-state index in [4.69, 9.17) is 18.0 Å². The van der Waals surface area contributed by atoms with Crippen molar-refractivity contribution in [1.29, 1.82) is 0 Å². The molecule has 0 radical (unpaired) electrons. The van der Waals surface area contributed by atoms with Crippen LogP contribution in [0.4, 0.5) is 0 Å². The lowest BCUT2D eigenvalue weighted by molar-refractivity contribution is 0.580. The van der Waals surface area contributed by atoms with Gasteiger partial charge in [-0.05, 0) is 31.0 Å². The molecule has 4 nitrogen and oxygen atoms in total. The van der Waals surface area contributed by atoms with E-state index in [0.717, 1.165) is 6.42 Å². The quantitative estimate of drug-likeness (QED) is 0.793. The second-order valence-corrected chi connectivity index (χ2v) is 5.92. The van der Waals surface area contributed by atoms with Crippen molar-refractivity contribution in [3.8, 4) is 0 Å². The standard InChI is InChI=1S/C11H16N2O2S2/c1-3-6-13-17(14,15)10-5-4-9(11(12)16)7-8(10)2/h4-5,7,13H,3,6H2,1-2H3,(H2,12,16). The molecule has 0 aromatic heterocycles. The summed E-state index contributed by atoms with van der Waals surface area (Å²) in [6, 6.07) is 4.83. The molecule has 0 unspecified atom stereocenters. The number of sulfonamides is 1. The van der Waals surface area contributed by atoms with E-state index in [9.17, 15) is 8.42 Å². The Balaban J connectivity index is 3.12. The first-order chi connectivity index (χ1) is 7.88. The first-order valence-corrected chi connectivity index (χ1v) is 7.17. The SMILES string of the molecule is CCCNS(=O)(=O)c1ccc(C(N)=S)cc1C. The highest BCUT2D eigenvalue weighted by Gasteiger charge is 2.16. The van der Waals surface area contributed by atoms with Gasteiger partial charge in [0.25, 0.3) is 0 Å². The van der Waals surface area contributed by atoms with E-state index < -0.39 is 10.0 Å². The Bertz CT molecular complexity index is 524.